The molecule has 9 heteroatoms. The van der Waals surface area contributed by atoms with Crippen LogP contribution in [0.25, 0.3) is 0 Å². The first-order chi connectivity index (χ1) is 15.4. The number of imide groups is 1. The second-order valence-electron chi connectivity index (χ2n) is 6.85. The lowest BCUT2D eigenvalue weighted by Gasteiger charge is -2.12. The molecule has 0 saturated carbocycles. The van der Waals surface area contributed by atoms with E-state index in [1.807, 2.05) is 0 Å². The van der Waals surface area contributed by atoms with Gasteiger partial charge in [-0.25, -0.2) is 4.79 Å². The maximum atomic E-state index is 12.7. The van der Waals surface area contributed by atoms with Crippen LogP contribution in [0.1, 0.15) is 53.2 Å². The Morgan fingerprint density at radius 1 is 1.00 bits per heavy atom. The Bertz CT molecular complexity index is 1220. The first-order valence-electron chi connectivity index (χ1n) is 9.71. The van der Waals surface area contributed by atoms with E-state index in [4.69, 9.17) is 16.3 Å². The molecule has 7 nitrogen and oxygen atoms in total. The van der Waals surface area contributed by atoms with Crippen molar-refractivity contribution in [2.75, 3.05) is 11.9 Å². The van der Waals surface area contributed by atoms with Gasteiger partial charge in [0.2, 0.25) is 0 Å². The summed E-state index contributed by atoms with van der Waals surface area (Å²) in [5, 5.41) is 3.22. The lowest BCUT2D eigenvalue weighted by Crippen LogP contribution is -2.28. The van der Waals surface area contributed by atoms with Crippen LogP contribution in [-0.2, 0) is 11.3 Å². The summed E-state index contributed by atoms with van der Waals surface area (Å²) in [7, 11) is 0. The molecule has 0 spiro atoms. The van der Waals surface area contributed by atoms with Gasteiger partial charge in [0.1, 0.15) is 5.00 Å². The molecule has 0 radical (unpaired) electrons. The number of nitrogens with zero attached hydrogens (tertiary/aromatic N) is 1. The van der Waals surface area contributed by atoms with Crippen LogP contribution in [0.5, 0.6) is 0 Å². The number of rotatable bonds is 6. The van der Waals surface area contributed by atoms with Gasteiger partial charge in [0, 0.05) is 4.88 Å². The Kier molecular flexibility index (Phi) is 6.07. The smallest absolute Gasteiger partial charge is 0.341 e. The Labute approximate surface area is 192 Å². The molecule has 2 heterocycles. The molecule has 3 amide bonds. The zero-order chi connectivity index (χ0) is 22.8. The van der Waals surface area contributed by atoms with E-state index >= 15 is 0 Å². The minimum absolute atomic E-state index is 0.0363. The molecule has 0 aliphatic carbocycles. The topological polar surface area (TPSA) is 92.8 Å². The fourth-order valence-electron chi connectivity index (χ4n) is 3.33. The van der Waals surface area contributed by atoms with Crippen LogP contribution >= 0.6 is 22.9 Å². The third-order valence-corrected chi connectivity index (χ3v) is 6.18. The number of fused-ring (bicyclic) bond motifs is 1. The fraction of sp³-hybridized carbons (Fsp3) is 0.130. The lowest BCUT2D eigenvalue weighted by molar-refractivity contribution is 0.0527. The number of halogens is 1. The number of carbonyl (C=O) groups is 4. The molecule has 4 rings (SSSR count). The van der Waals surface area contributed by atoms with E-state index < -0.39 is 23.7 Å². The van der Waals surface area contributed by atoms with Crippen LogP contribution in [0.4, 0.5) is 5.00 Å². The Balaban J connectivity index is 1.62. The summed E-state index contributed by atoms with van der Waals surface area (Å²) < 4.78 is 5.10. The molecule has 1 aliphatic heterocycles. The SMILES string of the molecule is CCOC(=O)c1cc(CN2C(=O)c3ccccc3C2=O)sc1NC(=O)c1ccccc1Cl. The molecule has 162 valence electrons. The van der Waals surface area contributed by atoms with Crippen molar-refractivity contribution in [3.63, 3.8) is 0 Å². The van der Waals surface area contributed by atoms with Crippen molar-refractivity contribution in [3.05, 3.63) is 86.8 Å². The number of hydrogen-bond donors (Lipinski definition) is 1. The van der Waals surface area contributed by atoms with Gasteiger partial charge < -0.3 is 10.1 Å². The van der Waals surface area contributed by atoms with Gasteiger partial charge in [-0.05, 0) is 37.3 Å². The number of esters is 1. The highest BCUT2D eigenvalue weighted by atomic mass is 35.5. The highest BCUT2D eigenvalue weighted by Crippen LogP contribution is 2.33. The van der Waals surface area contributed by atoms with Crippen molar-refractivity contribution in [1.29, 1.82) is 0 Å². The number of amides is 3. The molecule has 0 unspecified atom stereocenters. The predicted molar refractivity (Wildman–Crippen MR) is 120 cm³/mol. The number of anilines is 1. The monoisotopic (exact) mass is 468 g/mol. The Morgan fingerprint density at radius 3 is 2.25 bits per heavy atom. The number of hydrogen-bond acceptors (Lipinski definition) is 6. The number of ether oxygens (including phenoxy) is 1. The maximum absolute atomic E-state index is 12.7. The minimum atomic E-state index is -0.619. The molecular formula is C23H17ClN2O5S. The summed E-state index contributed by atoms with van der Waals surface area (Å²) in [5.74, 6) is -1.92. The van der Waals surface area contributed by atoms with Crippen LogP contribution < -0.4 is 5.32 Å². The Morgan fingerprint density at radius 2 is 1.62 bits per heavy atom. The van der Waals surface area contributed by atoms with Gasteiger partial charge in [0.15, 0.2) is 0 Å². The number of thiophene rings is 1. The fourth-order valence-corrected chi connectivity index (χ4v) is 4.58. The van der Waals surface area contributed by atoms with Gasteiger partial charge >= 0.3 is 5.97 Å². The molecular weight excluding hydrogens is 452 g/mol. The minimum Gasteiger partial charge on any atom is -0.462 e. The zero-order valence-electron chi connectivity index (χ0n) is 16.9. The predicted octanol–water partition coefficient (Wildman–Crippen LogP) is 4.63. The first kappa shape index (κ1) is 21.7. The second-order valence-corrected chi connectivity index (χ2v) is 8.40. The molecule has 3 aromatic rings. The molecule has 1 aromatic heterocycles. The van der Waals surface area contributed by atoms with E-state index in [2.05, 4.69) is 5.32 Å². The standard InChI is InChI=1S/C23H17ClN2O5S/c1-2-31-23(30)17-11-13(12-26-21(28)14-7-3-4-8-15(14)22(26)29)32-20(17)25-19(27)16-9-5-6-10-18(16)24/h3-11H,2,12H2,1H3,(H,25,27). The van der Waals surface area contributed by atoms with Crippen molar-refractivity contribution in [2.45, 2.75) is 13.5 Å². The largest absolute Gasteiger partial charge is 0.462 e. The van der Waals surface area contributed by atoms with Crippen molar-refractivity contribution in [1.82, 2.24) is 4.90 Å². The third-order valence-electron chi connectivity index (χ3n) is 4.82. The molecule has 1 aliphatic rings. The highest BCUT2D eigenvalue weighted by Gasteiger charge is 2.35. The number of nitrogens with one attached hydrogen (secondary N) is 1. The highest BCUT2D eigenvalue weighted by molar-refractivity contribution is 7.16. The van der Waals surface area contributed by atoms with E-state index in [-0.39, 0.29) is 34.3 Å². The average molecular weight is 469 g/mol. The molecule has 1 N–H and O–H groups in total. The second kappa shape index (κ2) is 8.94. The lowest BCUT2D eigenvalue weighted by atomic mass is 10.1. The van der Waals surface area contributed by atoms with Crippen LogP contribution in [0.3, 0.4) is 0 Å². The molecule has 0 saturated heterocycles. The summed E-state index contributed by atoms with van der Waals surface area (Å²) >= 11 is 7.19. The summed E-state index contributed by atoms with van der Waals surface area (Å²) in [5.41, 5.74) is 1.07. The van der Waals surface area contributed by atoms with Crippen molar-refractivity contribution in [3.8, 4) is 0 Å². The van der Waals surface area contributed by atoms with Crippen LogP contribution in [0.15, 0.2) is 54.6 Å². The third kappa shape index (κ3) is 4.02. The summed E-state index contributed by atoms with van der Waals surface area (Å²) in [6, 6.07) is 14.6. The van der Waals surface area contributed by atoms with Gasteiger partial charge in [0.25, 0.3) is 17.7 Å². The van der Waals surface area contributed by atoms with Crippen LogP contribution in [0, 0.1) is 0 Å². The summed E-state index contributed by atoms with van der Waals surface area (Å²) in [6.07, 6.45) is 0. The zero-order valence-corrected chi connectivity index (χ0v) is 18.5. The first-order valence-corrected chi connectivity index (χ1v) is 10.9. The van der Waals surface area contributed by atoms with Gasteiger partial charge in [-0.2, -0.15) is 0 Å². The molecule has 2 aromatic carbocycles. The van der Waals surface area contributed by atoms with Gasteiger partial charge in [-0.3, -0.25) is 19.3 Å². The van der Waals surface area contributed by atoms with E-state index in [0.717, 1.165) is 16.2 Å². The molecule has 0 bridgehead atoms. The maximum Gasteiger partial charge on any atom is 0.341 e. The van der Waals surface area contributed by atoms with Gasteiger partial charge in [-0.15, -0.1) is 11.3 Å². The summed E-state index contributed by atoms with van der Waals surface area (Å²) in [4.78, 5) is 52.2. The molecule has 0 fully saturated rings. The van der Waals surface area contributed by atoms with Crippen LogP contribution in [0.2, 0.25) is 5.02 Å². The molecule has 32 heavy (non-hydrogen) atoms. The number of benzene rings is 2. The van der Waals surface area contributed by atoms with Crippen molar-refractivity contribution in [2.24, 2.45) is 0 Å². The quantitative estimate of drug-likeness (QED) is 0.420. The normalized spacial score (nSPS) is 12.6. The van der Waals surface area contributed by atoms with E-state index in [1.54, 1.807) is 55.5 Å². The summed E-state index contributed by atoms with van der Waals surface area (Å²) in [6.45, 7) is 1.79. The molecule has 0 atom stereocenters. The van der Waals surface area contributed by atoms with Gasteiger partial charge in [-0.1, -0.05) is 35.9 Å². The van der Waals surface area contributed by atoms with E-state index in [9.17, 15) is 19.2 Å². The average Bonchev–Trinajstić information content (AvgIpc) is 3.29. The van der Waals surface area contributed by atoms with Crippen molar-refractivity contribution < 1.29 is 23.9 Å². The van der Waals surface area contributed by atoms with E-state index in [1.165, 1.54) is 6.07 Å². The van der Waals surface area contributed by atoms with Gasteiger partial charge in [0.05, 0.1) is 40.4 Å². The Hall–Kier alpha value is -3.49. The van der Waals surface area contributed by atoms with Crippen LogP contribution in [-0.4, -0.2) is 35.2 Å². The van der Waals surface area contributed by atoms with E-state index in [0.29, 0.717) is 16.0 Å². The van der Waals surface area contributed by atoms with Crippen molar-refractivity contribution >= 4 is 51.6 Å². The number of carbonyl (C=O) groups excluding carboxylic acids is 4.